The van der Waals surface area contributed by atoms with E-state index in [-0.39, 0.29) is 0 Å². The lowest BCUT2D eigenvalue weighted by atomic mass is 10.0. The molecule has 0 N–H and O–H groups in total. The first-order chi connectivity index (χ1) is 11.8. The van der Waals surface area contributed by atoms with Crippen LogP contribution in [-0.2, 0) is 6.67 Å². The molecule has 124 valence electrons. The first kappa shape index (κ1) is 15.6. The molecule has 0 saturated carbocycles. The van der Waals surface area contributed by atoms with E-state index in [4.69, 9.17) is 5.10 Å². The van der Waals surface area contributed by atoms with Gasteiger partial charge in [-0.25, -0.2) is 0 Å². The molecule has 1 fully saturated rings. The van der Waals surface area contributed by atoms with Crippen molar-refractivity contribution in [2.24, 2.45) is 0 Å². The minimum absolute atomic E-state index is 0.416. The molecule has 1 saturated heterocycles. The van der Waals surface area contributed by atoms with E-state index in [1.807, 2.05) is 0 Å². The Balaban J connectivity index is 1.53. The second-order valence-electron chi connectivity index (χ2n) is 6.39. The van der Waals surface area contributed by atoms with Crippen molar-refractivity contribution in [3.05, 3.63) is 65.0 Å². The lowest BCUT2D eigenvalue weighted by Gasteiger charge is -2.40. The Bertz CT molecular complexity index is 766. The van der Waals surface area contributed by atoms with E-state index >= 15 is 0 Å². The Morgan fingerprint density at radius 1 is 1.12 bits per heavy atom. The van der Waals surface area contributed by atoms with Gasteiger partial charge in [-0.1, -0.05) is 30.3 Å². The number of benzene rings is 1. The van der Waals surface area contributed by atoms with E-state index in [0.29, 0.717) is 6.04 Å². The van der Waals surface area contributed by atoms with Crippen LogP contribution < -0.4 is 0 Å². The van der Waals surface area contributed by atoms with Gasteiger partial charge in [0.1, 0.15) is 0 Å². The third-order valence-corrected chi connectivity index (χ3v) is 5.35. The normalized spacial score (nSPS) is 19.6. The second kappa shape index (κ2) is 6.89. The van der Waals surface area contributed by atoms with Crippen molar-refractivity contribution < 1.29 is 0 Å². The summed E-state index contributed by atoms with van der Waals surface area (Å²) in [6, 6.07) is 15.5. The van der Waals surface area contributed by atoms with Gasteiger partial charge in [-0.2, -0.15) is 16.4 Å². The molecule has 3 aromatic rings. The number of nitrogens with zero attached hydrogens (tertiary/aromatic N) is 4. The van der Waals surface area contributed by atoms with Gasteiger partial charge >= 0.3 is 0 Å². The fraction of sp³-hybridized carbons (Fsp3) is 0.316. The van der Waals surface area contributed by atoms with Crippen LogP contribution >= 0.6 is 11.3 Å². The van der Waals surface area contributed by atoms with E-state index in [2.05, 4.69) is 81.0 Å². The summed E-state index contributed by atoms with van der Waals surface area (Å²) in [5.74, 6) is 0. The fourth-order valence-corrected chi connectivity index (χ4v) is 3.96. The Morgan fingerprint density at radius 3 is 2.79 bits per heavy atom. The molecule has 5 heteroatoms. The van der Waals surface area contributed by atoms with Crippen molar-refractivity contribution in [2.75, 3.05) is 26.7 Å². The molecular weight excluding hydrogens is 316 g/mol. The van der Waals surface area contributed by atoms with Gasteiger partial charge in [0.2, 0.25) is 0 Å². The third-order valence-electron chi connectivity index (χ3n) is 4.66. The number of aromatic nitrogens is 2. The summed E-state index contributed by atoms with van der Waals surface area (Å²) in [6.45, 7) is 4.05. The van der Waals surface area contributed by atoms with Crippen LogP contribution in [0.3, 0.4) is 0 Å². The minimum atomic E-state index is 0.416. The average molecular weight is 338 g/mol. The largest absolute Gasteiger partial charge is 0.303 e. The Morgan fingerprint density at radius 2 is 2.00 bits per heavy atom. The summed E-state index contributed by atoms with van der Waals surface area (Å²) >= 11 is 1.71. The maximum absolute atomic E-state index is 4.76. The molecule has 0 aliphatic carbocycles. The monoisotopic (exact) mass is 338 g/mol. The minimum Gasteiger partial charge on any atom is -0.303 e. The number of rotatable bonds is 4. The molecule has 1 atom stereocenters. The van der Waals surface area contributed by atoms with Crippen LogP contribution in [0.1, 0.15) is 11.6 Å². The van der Waals surface area contributed by atoms with Gasteiger partial charge < -0.3 is 4.90 Å². The molecule has 2 aromatic heterocycles. The van der Waals surface area contributed by atoms with Crippen LogP contribution in [0, 0.1) is 0 Å². The molecule has 1 aromatic carbocycles. The molecule has 4 nitrogen and oxygen atoms in total. The van der Waals surface area contributed by atoms with Gasteiger partial charge in [0, 0.05) is 42.8 Å². The molecule has 1 unspecified atom stereocenters. The van der Waals surface area contributed by atoms with E-state index in [1.165, 1.54) is 11.1 Å². The molecule has 24 heavy (non-hydrogen) atoms. The van der Waals surface area contributed by atoms with Gasteiger partial charge in [-0.3, -0.25) is 9.58 Å². The Hall–Kier alpha value is -1.95. The van der Waals surface area contributed by atoms with Crippen molar-refractivity contribution in [2.45, 2.75) is 12.7 Å². The van der Waals surface area contributed by atoms with E-state index in [0.717, 1.165) is 32.0 Å². The molecular formula is C19H22N4S. The highest BCUT2D eigenvalue weighted by Crippen LogP contribution is 2.26. The van der Waals surface area contributed by atoms with Gasteiger partial charge in [-0.05, 0) is 30.1 Å². The van der Waals surface area contributed by atoms with Crippen LogP contribution in [0.15, 0.2) is 59.4 Å². The van der Waals surface area contributed by atoms with Crippen molar-refractivity contribution in [1.29, 1.82) is 0 Å². The summed E-state index contributed by atoms with van der Waals surface area (Å²) in [6.07, 6.45) is 2.09. The molecule has 0 radical (unpaired) electrons. The van der Waals surface area contributed by atoms with Crippen molar-refractivity contribution >= 4 is 11.3 Å². The first-order valence-electron chi connectivity index (χ1n) is 8.33. The average Bonchev–Trinajstić information content (AvgIpc) is 3.28. The van der Waals surface area contributed by atoms with Crippen LogP contribution in [0.25, 0.3) is 11.3 Å². The fourth-order valence-electron chi connectivity index (χ4n) is 3.31. The maximum atomic E-state index is 4.76. The van der Waals surface area contributed by atoms with Gasteiger partial charge in [-0.15, -0.1) is 0 Å². The highest BCUT2D eigenvalue weighted by molar-refractivity contribution is 7.08. The number of likely N-dealkylation sites (N-methyl/N-ethyl adjacent to an activating group) is 1. The zero-order chi connectivity index (χ0) is 16.4. The maximum Gasteiger partial charge on any atom is 0.0934 e. The Kier molecular flexibility index (Phi) is 4.47. The first-order valence-corrected chi connectivity index (χ1v) is 9.27. The number of hydrogen-bond acceptors (Lipinski definition) is 4. The predicted octanol–water partition coefficient (Wildman–Crippen LogP) is 3.56. The third kappa shape index (κ3) is 3.29. The zero-order valence-corrected chi connectivity index (χ0v) is 14.7. The quantitative estimate of drug-likeness (QED) is 0.727. The van der Waals surface area contributed by atoms with Crippen LogP contribution in [0.2, 0.25) is 0 Å². The van der Waals surface area contributed by atoms with Gasteiger partial charge in [0.25, 0.3) is 0 Å². The number of hydrogen-bond donors (Lipinski definition) is 0. The van der Waals surface area contributed by atoms with Crippen LogP contribution in [0.5, 0.6) is 0 Å². The highest BCUT2D eigenvalue weighted by atomic mass is 32.1. The summed E-state index contributed by atoms with van der Waals surface area (Å²) < 4.78 is 2.06. The lowest BCUT2D eigenvalue weighted by molar-refractivity contribution is 0.0590. The van der Waals surface area contributed by atoms with E-state index < -0.39 is 0 Å². The van der Waals surface area contributed by atoms with Gasteiger partial charge in [0.15, 0.2) is 0 Å². The van der Waals surface area contributed by atoms with Crippen molar-refractivity contribution in [3.63, 3.8) is 0 Å². The van der Waals surface area contributed by atoms with Crippen molar-refractivity contribution in [1.82, 2.24) is 19.6 Å². The van der Waals surface area contributed by atoms with Crippen LogP contribution in [0.4, 0.5) is 0 Å². The van der Waals surface area contributed by atoms with Crippen LogP contribution in [-0.4, -0.2) is 46.3 Å². The Labute approximate surface area is 146 Å². The van der Waals surface area contributed by atoms with E-state index in [1.54, 1.807) is 11.3 Å². The molecule has 1 aliphatic heterocycles. The highest BCUT2D eigenvalue weighted by Gasteiger charge is 2.26. The zero-order valence-electron chi connectivity index (χ0n) is 13.9. The smallest absolute Gasteiger partial charge is 0.0934 e. The topological polar surface area (TPSA) is 24.3 Å². The number of piperazine rings is 1. The predicted molar refractivity (Wildman–Crippen MR) is 98.9 cm³/mol. The second-order valence-corrected chi connectivity index (χ2v) is 7.18. The molecule has 0 spiro atoms. The standard InChI is InChI=1S/C19H22N4S/c1-21-10-11-22(19(13-21)16-5-3-2-4-6-16)15-23-9-7-18(20-23)17-8-12-24-14-17/h2-9,12,14,19H,10-11,13,15H2,1H3. The molecule has 0 amide bonds. The molecule has 0 bridgehead atoms. The van der Waals surface area contributed by atoms with Gasteiger partial charge in [0.05, 0.1) is 12.4 Å². The molecule has 3 heterocycles. The number of thiophene rings is 1. The summed E-state index contributed by atoms with van der Waals surface area (Å²) in [5.41, 5.74) is 3.65. The summed E-state index contributed by atoms with van der Waals surface area (Å²) in [5, 5.41) is 9.01. The lowest BCUT2D eigenvalue weighted by Crippen LogP contribution is -2.47. The summed E-state index contributed by atoms with van der Waals surface area (Å²) in [4.78, 5) is 4.94. The summed E-state index contributed by atoms with van der Waals surface area (Å²) in [7, 11) is 2.20. The van der Waals surface area contributed by atoms with E-state index in [9.17, 15) is 0 Å². The van der Waals surface area contributed by atoms with Crippen molar-refractivity contribution in [3.8, 4) is 11.3 Å². The SMILES string of the molecule is CN1CCN(Cn2ccc(-c3ccsc3)n2)C(c2ccccc2)C1. The molecule has 1 aliphatic rings. The molecule has 4 rings (SSSR count).